The molecule has 20 heavy (non-hydrogen) atoms. The molecule has 1 saturated heterocycles. The molecule has 2 rings (SSSR count). The third-order valence-electron chi connectivity index (χ3n) is 3.28. The van der Waals surface area contributed by atoms with Crippen molar-refractivity contribution in [3.63, 3.8) is 0 Å². The number of rotatable bonds is 3. The lowest BCUT2D eigenvalue weighted by molar-refractivity contribution is -0.0567. The summed E-state index contributed by atoms with van der Waals surface area (Å²) in [5.74, 6) is -3.58. The quantitative estimate of drug-likeness (QED) is 0.880. The summed E-state index contributed by atoms with van der Waals surface area (Å²) >= 11 is 3.30. The van der Waals surface area contributed by atoms with Crippen molar-refractivity contribution in [3.05, 3.63) is 33.8 Å². The van der Waals surface area contributed by atoms with E-state index in [-0.39, 0.29) is 30.8 Å². The van der Waals surface area contributed by atoms with Crippen molar-refractivity contribution in [3.8, 4) is 0 Å². The van der Waals surface area contributed by atoms with Crippen LogP contribution in [-0.4, -0.2) is 35.0 Å². The molecule has 1 aliphatic heterocycles. The Morgan fingerprint density at radius 2 is 1.95 bits per heavy atom. The molecule has 1 heterocycles. The number of halogens is 4. The molecule has 1 N–H and O–H groups in total. The standard InChI is InChI=1S/C13H14BrF2NO2.ClH/c14-10-1-2-11(12(18)19)9(7-10)8-17-5-3-13(15,16)4-6-17;/h1-2,7H,3-6,8H2,(H,18,19);1H. The minimum absolute atomic E-state index is 0. The zero-order valence-corrected chi connectivity index (χ0v) is 13.0. The molecule has 1 aliphatic rings. The van der Waals surface area contributed by atoms with Gasteiger partial charge in [0.05, 0.1) is 5.56 Å². The van der Waals surface area contributed by atoms with Gasteiger partial charge in [0.1, 0.15) is 0 Å². The van der Waals surface area contributed by atoms with E-state index in [1.165, 1.54) is 6.07 Å². The van der Waals surface area contributed by atoms with Crippen molar-refractivity contribution >= 4 is 34.3 Å². The van der Waals surface area contributed by atoms with Crippen molar-refractivity contribution in [2.45, 2.75) is 25.3 Å². The number of piperidine rings is 1. The van der Waals surface area contributed by atoms with Gasteiger partial charge in [0.15, 0.2) is 0 Å². The van der Waals surface area contributed by atoms with E-state index in [1.54, 1.807) is 12.1 Å². The van der Waals surface area contributed by atoms with E-state index < -0.39 is 11.9 Å². The first-order valence-corrected chi connectivity index (χ1v) is 6.79. The number of nitrogens with zero attached hydrogens (tertiary/aromatic N) is 1. The van der Waals surface area contributed by atoms with E-state index in [1.807, 2.05) is 4.90 Å². The van der Waals surface area contributed by atoms with Crippen LogP contribution in [0.5, 0.6) is 0 Å². The predicted octanol–water partition coefficient (Wildman–Crippen LogP) is 3.80. The van der Waals surface area contributed by atoms with Gasteiger partial charge in [-0.25, -0.2) is 13.6 Å². The molecule has 1 fully saturated rings. The Labute approximate surface area is 130 Å². The highest BCUT2D eigenvalue weighted by molar-refractivity contribution is 9.10. The van der Waals surface area contributed by atoms with Crippen LogP contribution in [0.2, 0.25) is 0 Å². The van der Waals surface area contributed by atoms with E-state index in [0.29, 0.717) is 25.2 Å². The summed E-state index contributed by atoms with van der Waals surface area (Å²) in [6.07, 6.45) is -0.327. The number of carbonyl (C=O) groups is 1. The molecule has 0 aliphatic carbocycles. The zero-order chi connectivity index (χ0) is 14.0. The topological polar surface area (TPSA) is 40.5 Å². The number of likely N-dealkylation sites (tertiary alicyclic amines) is 1. The van der Waals surface area contributed by atoms with Crippen LogP contribution in [0.4, 0.5) is 8.78 Å². The third kappa shape index (κ3) is 4.40. The zero-order valence-electron chi connectivity index (χ0n) is 10.6. The van der Waals surface area contributed by atoms with Crippen molar-refractivity contribution in [2.75, 3.05) is 13.1 Å². The third-order valence-corrected chi connectivity index (χ3v) is 3.77. The maximum absolute atomic E-state index is 13.1. The van der Waals surface area contributed by atoms with Crippen molar-refractivity contribution in [1.29, 1.82) is 0 Å². The van der Waals surface area contributed by atoms with Gasteiger partial charge < -0.3 is 5.11 Å². The first-order chi connectivity index (χ1) is 8.87. The lowest BCUT2D eigenvalue weighted by Gasteiger charge is -2.31. The molecule has 0 unspecified atom stereocenters. The molecule has 112 valence electrons. The monoisotopic (exact) mass is 369 g/mol. The lowest BCUT2D eigenvalue weighted by Crippen LogP contribution is -2.39. The maximum Gasteiger partial charge on any atom is 0.336 e. The second kappa shape index (κ2) is 6.83. The van der Waals surface area contributed by atoms with Crippen LogP contribution in [0.25, 0.3) is 0 Å². The molecule has 3 nitrogen and oxygen atoms in total. The smallest absolute Gasteiger partial charge is 0.336 e. The second-order valence-corrected chi connectivity index (χ2v) is 5.65. The summed E-state index contributed by atoms with van der Waals surface area (Å²) in [5.41, 5.74) is 0.868. The lowest BCUT2D eigenvalue weighted by atomic mass is 10.0. The summed E-state index contributed by atoms with van der Waals surface area (Å²) in [6.45, 7) is 0.967. The molecule has 0 spiro atoms. The summed E-state index contributed by atoms with van der Waals surface area (Å²) in [7, 11) is 0. The maximum atomic E-state index is 13.1. The minimum Gasteiger partial charge on any atom is -0.478 e. The first kappa shape index (κ1) is 17.3. The van der Waals surface area contributed by atoms with Crippen molar-refractivity contribution in [2.24, 2.45) is 0 Å². The normalized spacial score (nSPS) is 18.4. The Balaban J connectivity index is 0.00000200. The molecule has 0 amide bonds. The van der Waals surface area contributed by atoms with E-state index in [2.05, 4.69) is 15.9 Å². The van der Waals surface area contributed by atoms with Crippen molar-refractivity contribution < 1.29 is 18.7 Å². The van der Waals surface area contributed by atoms with Gasteiger partial charge in [-0.15, -0.1) is 12.4 Å². The Kier molecular flexibility index (Phi) is 5.91. The van der Waals surface area contributed by atoms with Crippen LogP contribution in [0, 0.1) is 0 Å². The highest BCUT2D eigenvalue weighted by atomic mass is 79.9. The van der Waals surface area contributed by atoms with Gasteiger partial charge in [-0.2, -0.15) is 0 Å². The van der Waals surface area contributed by atoms with Gasteiger partial charge in [0.2, 0.25) is 0 Å². The number of carboxylic acid groups (broad SMARTS) is 1. The highest BCUT2D eigenvalue weighted by Gasteiger charge is 2.34. The SMILES string of the molecule is Cl.O=C(O)c1ccc(Br)cc1CN1CCC(F)(F)CC1. The number of benzene rings is 1. The highest BCUT2D eigenvalue weighted by Crippen LogP contribution is 2.29. The van der Waals surface area contributed by atoms with Crippen LogP contribution in [0.15, 0.2) is 22.7 Å². The Hall–Kier alpha value is -0.720. The molecule has 0 atom stereocenters. The fourth-order valence-electron chi connectivity index (χ4n) is 2.18. The predicted molar refractivity (Wildman–Crippen MR) is 77.8 cm³/mol. The van der Waals surface area contributed by atoms with Crippen LogP contribution < -0.4 is 0 Å². The first-order valence-electron chi connectivity index (χ1n) is 5.99. The molecule has 1 aromatic rings. The number of aromatic carboxylic acids is 1. The van der Waals surface area contributed by atoms with E-state index >= 15 is 0 Å². The fourth-order valence-corrected chi connectivity index (χ4v) is 2.59. The molecule has 1 aromatic carbocycles. The molecule has 0 bridgehead atoms. The van der Waals surface area contributed by atoms with Gasteiger partial charge in [0.25, 0.3) is 5.92 Å². The van der Waals surface area contributed by atoms with Crippen LogP contribution in [0.3, 0.4) is 0 Å². The number of alkyl halides is 2. The van der Waals surface area contributed by atoms with E-state index in [4.69, 9.17) is 5.11 Å². The average molecular weight is 371 g/mol. The Morgan fingerprint density at radius 3 is 2.50 bits per heavy atom. The average Bonchev–Trinajstić information content (AvgIpc) is 2.31. The summed E-state index contributed by atoms with van der Waals surface area (Å²) in [4.78, 5) is 13.0. The van der Waals surface area contributed by atoms with E-state index in [9.17, 15) is 13.6 Å². The molecular formula is C13H15BrClF2NO2. The molecule has 0 radical (unpaired) electrons. The molecular weight excluding hydrogens is 356 g/mol. The molecule has 0 saturated carbocycles. The number of hydrogen-bond donors (Lipinski definition) is 1. The minimum atomic E-state index is -2.58. The van der Waals surface area contributed by atoms with Gasteiger partial charge >= 0.3 is 5.97 Å². The largest absolute Gasteiger partial charge is 0.478 e. The number of hydrogen-bond acceptors (Lipinski definition) is 2. The fraction of sp³-hybridized carbons (Fsp3) is 0.462. The molecule has 0 aromatic heterocycles. The van der Waals surface area contributed by atoms with Crippen molar-refractivity contribution in [1.82, 2.24) is 4.90 Å². The summed E-state index contributed by atoms with van der Waals surface area (Å²) < 4.78 is 26.9. The van der Waals surface area contributed by atoms with Crippen LogP contribution >= 0.6 is 28.3 Å². The van der Waals surface area contributed by atoms with Gasteiger partial charge in [-0.05, 0) is 23.8 Å². The van der Waals surface area contributed by atoms with Gasteiger partial charge in [-0.1, -0.05) is 15.9 Å². The Bertz CT molecular complexity index is 489. The summed E-state index contributed by atoms with van der Waals surface area (Å²) in [5, 5.41) is 9.12. The van der Waals surface area contributed by atoms with Gasteiger partial charge in [0, 0.05) is 36.9 Å². The van der Waals surface area contributed by atoms with Crippen LogP contribution in [-0.2, 0) is 6.54 Å². The van der Waals surface area contributed by atoms with E-state index in [0.717, 1.165) is 4.47 Å². The number of carboxylic acids is 1. The Morgan fingerprint density at radius 1 is 1.35 bits per heavy atom. The van der Waals surface area contributed by atoms with Crippen LogP contribution in [0.1, 0.15) is 28.8 Å². The second-order valence-electron chi connectivity index (χ2n) is 4.74. The van der Waals surface area contributed by atoms with Gasteiger partial charge in [-0.3, -0.25) is 4.90 Å². The summed E-state index contributed by atoms with van der Waals surface area (Å²) in [6, 6.07) is 4.92. The molecule has 7 heteroatoms.